The molecule has 0 aliphatic rings. The molecule has 0 radical (unpaired) electrons. The van der Waals surface area contributed by atoms with Gasteiger partial charge in [-0.2, -0.15) is 0 Å². The van der Waals surface area contributed by atoms with Crippen LogP contribution in [0.2, 0.25) is 0 Å². The van der Waals surface area contributed by atoms with Crippen molar-refractivity contribution >= 4 is 41.5 Å². The van der Waals surface area contributed by atoms with Crippen LogP contribution < -0.4 is 33.2 Å². The number of hydrogen-bond acceptors (Lipinski definition) is 9. The Morgan fingerprint density at radius 2 is 1.09 bits per heavy atom. The third-order valence-corrected chi connectivity index (χ3v) is 4.43. The third-order valence-electron chi connectivity index (χ3n) is 4.43. The van der Waals surface area contributed by atoms with E-state index in [4.69, 9.17) is 27.4 Å². The number of carbonyl (C=O) groups excluding carboxylic acids is 5. The zero-order valence-electron chi connectivity index (χ0n) is 18.2. The highest BCUT2D eigenvalue weighted by Crippen LogP contribution is 2.03. The lowest BCUT2D eigenvalue weighted by Gasteiger charge is -2.24. The summed E-state index contributed by atoms with van der Waals surface area (Å²) in [6, 6.07) is -5.93. The van der Waals surface area contributed by atoms with Crippen molar-refractivity contribution in [2.75, 3.05) is 6.61 Å². The van der Waals surface area contributed by atoms with Crippen molar-refractivity contribution in [1.29, 1.82) is 0 Å². The summed E-state index contributed by atoms with van der Waals surface area (Å²) in [7, 11) is 0. The van der Waals surface area contributed by atoms with Gasteiger partial charge in [-0.25, -0.2) is 4.79 Å². The third kappa shape index (κ3) is 12.3. The number of rotatable bonds is 17. The zero-order valence-corrected chi connectivity index (χ0v) is 18.2. The molecule has 34 heavy (non-hydrogen) atoms. The molecule has 16 heteroatoms. The molecule has 0 bridgehead atoms. The summed E-state index contributed by atoms with van der Waals surface area (Å²) in [5.41, 5.74) is 15.7. The molecule has 0 spiro atoms. The Labute approximate surface area is 193 Å². The second-order valence-corrected chi connectivity index (χ2v) is 7.25. The van der Waals surface area contributed by atoms with E-state index in [1.54, 1.807) is 0 Å². The Morgan fingerprint density at radius 3 is 1.56 bits per heavy atom. The van der Waals surface area contributed by atoms with Crippen LogP contribution in [0.4, 0.5) is 0 Å². The van der Waals surface area contributed by atoms with Crippen LogP contribution in [0.1, 0.15) is 38.5 Å². The quantitative estimate of drug-likeness (QED) is 0.0932. The van der Waals surface area contributed by atoms with Crippen LogP contribution in [0, 0.1) is 0 Å². The van der Waals surface area contributed by atoms with Gasteiger partial charge in [0, 0.05) is 19.3 Å². The lowest BCUT2D eigenvalue weighted by Crippen LogP contribution is -2.58. The van der Waals surface area contributed by atoms with E-state index in [-0.39, 0.29) is 25.7 Å². The lowest BCUT2D eigenvalue weighted by atomic mass is 10.1. The minimum absolute atomic E-state index is 0.125. The molecule has 0 fully saturated rings. The molecule has 0 aromatic carbocycles. The summed E-state index contributed by atoms with van der Waals surface area (Å²) in [5, 5.41) is 33.6. The first-order valence-corrected chi connectivity index (χ1v) is 10.1. The molecule has 16 nitrogen and oxygen atoms in total. The van der Waals surface area contributed by atoms with Crippen molar-refractivity contribution in [1.82, 2.24) is 16.0 Å². The van der Waals surface area contributed by atoms with Gasteiger partial charge >= 0.3 is 11.9 Å². The van der Waals surface area contributed by atoms with Crippen molar-refractivity contribution in [3.05, 3.63) is 0 Å². The second-order valence-electron chi connectivity index (χ2n) is 7.25. The predicted molar refractivity (Wildman–Crippen MR) is 112 cm³/mol. The van der Waals surface area contributed by atoms with E-state index in [1.807, 2.05) is 5.32 Å². The first-order valence-electron chi connectivity index (χ1n) is 10.1. The SMILES string of the molecule is NC(=O)CCC(N)C(=O)NC(CCC(N)=O)C(=O)NC(CO)C(=O)NC(CCC(=O)O)C(=O)O. The van der Waals surface area contributed by atoms with Gasteiger partial charge in [-0.05, 0) is 19.3 Å². The highest BCUT2D eigenvalue weighted by molar-refractivity contribution is 5.94. The molecule has 192 valence electrons. The van der Waals surface area contributed by atoms with Crippen LogP contribution in [0.3, 0.4) is 0 Å². The molecule has 0 aromatic rings. The van der Waals surface area contributed by atoms with Gasteiger partial charge in [0.05, 0.1) is 12.6 Å². The molecule has 12 N–H and O–H groups in total. The van der Waals surface area contributed by atoms with Crippen molar-refractivity contribution in [2.45, 2.75) is 62.7 Å². The number of aliphatic hydroxyl groups is 1. The highest BCUT2D eigenvalue weighted by Gasteiger charge is 2.30. The number of primary amides is 2. The molecule has 0 aromatic heterocycles. The maximum atomic E-state index is 12.6. The number of carboxylic acids is 2. The molecule has 0 saturated carbocycles. The molecule has 4 unspecified atom stereocenters. The first-order chi connectivity index (χ1) is 15.8. The van der Waals surface area contributed by atoms with Gasteiger partial charge in [0.2, 0.25) is 29.5 Å². The maximum absolute atomic E-state index is 12.6. The van der Waals surface area contributed by atoms with Crippen LogP contribution in [0.15, 0.2) is 0 Å². The number of aliphatic carboxylic acids is 2. The summed E-state index contributed by atoms with van der Waals surface area (Å²) >= 11 is 0. The molecular weight excluding hydrogens is 460 g/mol. The maximum Gasteiger partial charge on any atom is 0.326 e. The van der Waals surface area contributed by atoms with Crippen LogP contribution in [-0.4, -0.2) is 87.6 Å². The van der Waals surface area contributed by atoms with E-state index in [0.717, 1.165) is 0 Å². The van der Waals surface area contributed by atoms with E-state index < -0.39 is 85.1 Å². The van der Waals surface area contributed by atoms with Gasteiger partial charge in [0.1, 0.15) is 18.1 Å². The molecule has 0 aliphatic heterocycles. The molecule has 4 atom stereocenters. The van der Waals surface area contributed by atoms with Gasteiger partial charge in [0.25, 0.3) is 0 Å². The number of hydrogen-bond donors (Lipinski definition) is 9. The van der Waals surface area contributed by atoms with Crippen LogP contribution in [0.5, 0.6) is 0 Å². The molecule has 0 heterocycles. The summed E-state index contributed by atoms with van der Waals surface area (Å²) in [6.07, 6.45) is -1.99. The van der Waals surface area contributed by atoms with Crippen molar-refractivity contribution < 1.29 is 48.9 Å². The number of carboxylic acid groups (broad SMARTS) is 2. The van der Waals surface area contributed by atoms with E-state index in [9.17, 15) is 38.7 Å². The Balaban J connectivity index is 5.29. The van der Waals surface area contributed by atoms with E-state index in [2.05, 4.69) is 10.6 Å². The highest BCUT2D eigenvalue weighted by atomic mass is 16.4. The van der Waals surface area contributed by atoms with Gasteiger partial charge in [-0.1, -0.05) is 0 Å². The topological polar surface area (TPSA) is 294 Å². The Kier molecular flexibility index (Phi) is 13.4. The van der Waals surface area contributed by atoms with E-state index >= 15 is 0 Å². The minimum Gasteiger partial charge on any atom is -0.481 e. The summed E-state index contributed by atoms with van der Waals surface area (Å²) in [6.45, 7) is -0.975. The largest absolute Gasteiger partial charge is 0.481 e. The lowest BCUT2D eigenvalue weighted by molar-refractivity contribution is -0.143. The van der Waals surface area contributed by atoms with Gasteiger partial charge < -0.3 is 48.5 Å². The molecule has 0 rings (SSSR count). The fraction of sp³-hybridized carbons (Fsp3) is 0.611. The molecular formula is C18H30N6O10. The van der Waals surface area contributed by atoms with Crippen LogP contribution >= 0.6 is 0 Å². The van der Waals surface area contributed by atoms with Crippen molar-refractivity contribution in [2.24, 2.45) is 17.2 Å². The van der Waals surface area contributed by atoms with E-state index in [0.29, 0.717) is 0 Å². The Morgan fingerprint density at radius 1 is 0.647 bits per heavy atom. The first kappa shape index (κ1) is 30.2. The average molecular weight is 490 g/mol. The van der Waals surface area contributed by atoms with Crippen LogP contribution in [-0.2, 0) is 33.6 Å². The normalized spacial score (nSPS) is 14.1. The smallest absolute Gasteiger partial charge is 0.326 e. The molecule has 0 aliphatic carbocycles. The zero-order chi connectivity index (χ0) is 26.4. The average Bonchev–Trinajstić information content (AvgIpc) is 2.74. The molecule has 5 amide bonds. The Bertz CT molecular complexity index is 789. The fourth-order valence-corrected chi connectivity index (χ4v) is 2.53. The van der Waals surface area contributed by atoms with Crippen molar-refractivity contribution in [3.8, 4) is 0 Å². The minimum atomic E-state index is -1.67. The van der Waals surface area contributed by atoms with Crippen LogP contribution in [0.25, 0.3) is 0 Å². The van der Waals surface area contributed by atoms with Gasteiger partial charge in [-0.3, -0.25) is 28.8 Å². The monoisotopic (exact) mass is 490 g/mol. The number of carbonyl (C=O) groups is 7. The number of aliphatic hydroxyl groups excluding tert-OH is 1. The predicted octanol–water partition coefficient (Wildman–Crippen LogP) is -4.76. The number of nitrogens with two attached hydrogens (primary N) is 3. The summed E-state index contributed by atoms with van der Waals surface area (Å²) in [4.78, 5) is 81.0. The fourth-order valence-electron chi connectivity index (χ4n) is 2.53. The standard InChI is InChI=1S/C18H30N6O10/c19-8(1-4-12(20)26)15(30)22-9(2-5-13(21)27)16(31)24-11(7-25)17(32)23-10(18(33)34)3-6-14(28)29/h8-11,25H,1-7,19H2,(H2,20,26)(H2,21,27)(H,22,30)(H,23,32)(H,24,31)(H,28,29)(H,33,34). The summed E-state index contributed by atoms with van der Waals surface area (Å²) < 4.78 is 0. The van der Waals surface area contributed by atoms with Gasteiger partial charge in [0.15, 0.2) is 0 Å². The number of nitrogens with one attached hydrogen (secondary N) is 3. The van der Waals surface area contributed by atoms with E-state index in [1.165, 1.54) is 0 Å². The van der Waals surface area contributed by atoms with Crippen molar-refractivity contribution in [3.63, 3.8) is 0 Å². The number of amides is 5. The second kappa shape index (κ2) is 15.1. The van der Waals surface area contributed by atoms with Gasteiger partial charge in [-0.15, -0.1) is 0 Å². The summed E-state index contributed by atoms with van der Waals surface area (Å²) in [5.74, 6) is -7.36. The Hall–Kier alpha value is -3.79. The molecule has 0 saturated heterocycles.